The fourth-order valence-corrected chi connectivity index (χ4v) is 6.11. The van der Waals surface area contributed by atoms with E-state index in [0.717, 1.165) is 41.2 Å². The third-order valence-corrected chi connectivity index (χ3v) is 8.82. The number of unbranched alkanes of at least 4 members (excludes halogenated alkanes) is 6. The van der Waals surface area contributed by atoms with Crippen molar-refractivity contribution >= 4 is 16.6 Å². The van der Waals surface area contributed by atoms with Crippen molar-refractivity contribution in [2.45, 2.75) is 110 Å². The molecule has 4 rings (SSSR count). The highest BCUT2D eigenvalue weighted by Gasteiger charge is 2.13. The van der Waals surface area contributed by atoms with E-state index >= 15 is 0 Å². The lowest BCUT2D eigenvalue weighted by Crippen LogP contribution is -2.14. The largest absolute Gasteiger partial charge is 0.508 e. The van der Waals surface area contributed by atoms with E-state index in [9.17, 15) is 15.0 Å². The maximum Gasteiger partial charge on any atom is 0.161 e. The Kier molecular flexibility index (Phi) is 14.5. The molecule has 1 unspecified atom stereocenters. The predicted molar refractivity (Wildman–Crippen MR) is 188 cm³/mol. The van der Waals surface area contributed by atoms with Gasteiger partial charge in [0.2, 0.25) is 0 Å². The minimum absolute atomic E-state index is 0.0885. The van der Waals surface area contributed by atoms with Crippen LogP contribution in [0.25, 0.3) is 10.8 Å². The fraction of sp³-hybridized carbons (Fsp3) is 0.439. The van der Waals surface area contributed by atoms with Crippen LogP contribution in [0.3, 0.4) is 0 Å². The van der Waals surface area contributed by atoms with Crippen molar-refractivity contribution in [2.75, 3.05) is 7.11 Å². The van der Waals surface area contributed by atoms with E-state index in [4.69, 9.17) is 9.47 Å². The van der Waals surface area contributed by atoms with Gasteiger partial charge in [0, 0.05) is 12.8 Å². The lowest BCUT2D eigenvalue weighted by Gasteiger charge is -2.13. The molecule has 0 spiro atoms. The molecule has 5 nitrogen and oxygen atoms in total. The van der Waals surface area contributed by atoms with Crippen LogP contribution in [-0.2, 0) is 30.7 Å². The second-order valence-corrected chi connectivity index (χ2v) is 12.6. The molecule has 0 heterocycles. The van der Waals surface area contributed by atoms with Crippen molar-refractivity contribution in [2.24, 2.45) is 0 Å². The Labute approximate surface area is 275 Å². The molecule has 0 aromatic heterocycles. The molecule has 46 heavy (non-hydrogen) atoms. The summed E-state index contributed by atoms with van der Waals surface area (Å²) in [7, 11) is 1.62. The summed E-state index contributed by atoms with van der Waals surface area (Å²) in [6.45, 7) is 2.62. The number of Topliss-reactive ketones (excluding diaryl/α,β-unsaturated/α-hetero) is 1. The SMILES string of the molecule is CCCCCc1ccccc1CCCCCCCC(O)CC(=O)CCc1ccc(OC)c(OCc2ccc3cc(O)ccc3c2)c1. The molecule has 0 aliphatic carbocycles. The topological polar surface area (TPSA) is 76.0 Å². The van der Waals surface area contributed by atoms with Gasteiger partial charge in [-0.1, -0.05) is 94.0 Å². The Morgan fingerprint density at radius 2 is 1.39 bits per heavy atom. The number of aryl methyl sites for hydroxylation is 3. The smallest absolute Gasteiger partial charge is 0.161 e. The van der Waals surface area contributed by atoms with Crippen LogP contribution in [0.15, 0.2) is 78.9 Å². The quantitative estimate of drug-likeness (QED) is 0.0903. The van der Waals surface area contributed by atoms with Crippen molar-refractivity contribution in [3.63, 3.8) is 0 Å². The molecule has 0 amide bonds. The summed E-state index contributed by atoms with van der Waals surface area (Å²) in [6, 6.07) is 26.0. The number of phenolic OH excluding ortho intramolecular Hbond substituents is 1. The fourth-order valence-electron chi connectivity index (χ4n) is 6.11. The number of aliphatic hydroxyl groups excluding tert-OH is 1. The van der Waals surface area contributed by atoms with Gasteiger partial charge in [-0.05, 0) is 102 Å². The molecule has 0 aliphatic rings. The lowest BCUT2D eigenvalue weighted by molar-refractivity contribution is -0.121. The highest BCUT2D eigenvalue weighted by Crippen LogP contribution is 2.30. The zero-order valence-electron chi connectivity index (χ0n) is 27.8. The monoisotopic (exact) mass is 624 g/mol. The Hall–Kier alpha value is -3.83. The van der Waals surface area contributed by atoms with E-state index < -0.39 is 6.10 Å². The van der Waals surface area contributed by atoms with E-state index in [1.54, 1.807) is 19.2 Å². The van der Waals surface area contributed by atoms with E-state index in [1.165, 1.54) is 56.1 Å². The third-order valence-electron chi connectivity index (χ3n) is 8.82. The number of ether oxygens (including phenoxy) is 2. The first-order chi connectivity index (χ1) is 22.4. The maximum atomic E-state index is 12.7. The van der Waals surface area contributed by atoms with Crippen molar-refractivity contribution in [3.05, 3.63) is 101 Å². The first kappa shape index (κ1) is 35.0. The predicted octanol–water partition coefficient (Wildman–Crippen LogP) is 9.70. The Balaban J connectivity index is 1.12. The lowest BCUT2D eigenvalue weighted by atomic mass is 9.96. The normalized spacial score (nSPS) is 11.9. The van der Waals surface area contributed by atoms with Crippen LogP contribution >= 0.6 is 0 Å². The van der Waals surface area contributed by atoms with Crippen molar-refractivity contribution in [3.8, 4) is 17.2 Å². The number of hydrogen-bond acceptors (Lipinski definition) is 5. The summed E-state index contributed by atoms with van der Waals surface area (Å²) >= 11 is 0. The van der Waals surface area contributed by atoms with Crippen LogP contribution in [0.4, 0.5) is 0 Å². The Morgan fingerprint density at radius 1 is 0.717 bits per heavy atom. The Morgan fingerprint density at radius 3 is 2.15 bits per heavy atom. The zero-order valence-corrected chi connectivity index (χ0v) is 27.8. The van der Waals surface area contributed by atoms with E-state index in [-0.39, 0.29) is 18.0 Å². The van der Waals surface area contributed by atoms with Crippen molar-refractivity contribution in [1.29, 1.82) is 0 Å². The molecular formula is C41H52O5. The number of carbonyl (C=O) groups excluding carboxylic acids is 1. The van der Waals surface area contributed by atoms with E-state index in [2.05, 4.69) is 31.2 Å². The van der Waals surface area contributed by atoms with Gasteiger partial charge in [0.1, 0.15) is 18.1 Å². The van der Waals surface area contributed by atoms with Crippen LogP contribution in [-0.4, -0.2) is 29.2 Å². The molecule has 4 aromatic carbocycles. The molecule has 0 radical (unpaired) electrons. The average molecular weight is 625 g/mol. The van der Waals surface area contributed by atoms with E-state index in [1.807, 2.05) is 42.5 Å². The van der Waals surface area contributed by atoms with Gasteiger partial charge in [0.25, 0.3) is 0 Å². The number of benzene rings is 4. The third kappa shape index (κ3) is 11.5. The Bertz CT molecular complexity index is 1510. The van der Waals surface area contributed by atoms with Gasteiger partial charge in [-0.15, -0.1) is 0 Å². The van der Waals surface area contributed by atoms with Gasteiger partial charge >= 0.3 is 0 Å². The number of rotatable bonds is 21. The van der Waals surface area contributed by atoms with Gasteiger partial charge < -0.3 is 19.7 Å². The zero-order chi connectivity index (χ0) is 32.6. The number of fused-ring (bicyclic) bond motifs is 1. The number of methoxy groups -OCH3 is 1. The van der Waals surface area contributed by atoms with Gasteiger partial charge in [0.15, 0.2) is 11.5 Å². The molecule has 4 aromatic rings. The average Bonchev–Trinajstić information content (AvgIpc) is 3.06. The molecule has 0 bridgehead atoms. The second kappa shape index (κ2) is 19.0. The minimum Gasteiger partial charge on any atom is -0.508 e. The number of aromatic hydroxyl groups is 1. The molecular weight excluding hydrogens is 572 g/mol. The van der Waals surface area contributed by atoms with Gasteiger partial charge in [-0.25, -0.2) is 0 Å². The van der Waals surface area contributed by atoms with Crippen LogP contribution in [0.5, 0.6) is 17.2 Å². The number of phenols is 1. The maximum absolute atomic E-state index is 12.7. The van der Waals surface area contributed by atoms with Crippen LogP contribution in [0.1, 0.15) is 99.8 Å². The summed E-state index contributed by atoms with van der Waals surface area (Å²) in [5.74, 6) is 1.61. The van der Waals surface area contributed by atoms with Gasteiger partial charge in [0.05, 0.1) is 13.2 Å². The van der Waals surface area contributed by atoms with Gasteiger partial charge in [-0.3, -0.25) is 4.79 Å². The first-order valence-corrected chi connectivity index (χ1v) is 17.2. The summed E-state index contributed by atoms with van der Waals surface area (Å²) in [5, 5.41) is 22.2. The summed E-state index contributed by atoms with van der Waals surface area (Å²) in [4.78, 5) is 12.7. The molecule has 0 aliphatic heterocycles. The summed E-state index contributed by atoms with van der Waals surface area (Å²) < 4.78 is 11.6. The first-order valence-electron chi connectivity index (χ1n) is 17.2. The summed E-state index contributed by atoms with van der Waals surface area (Å²) in [5.41, 5.74) is 5.03. The number of carbonyl (C=O) groups is 1. The highest BCUT2D eigenvalue weighted by molar-refractivity contribution is 5.84. The standard InChI is InChI=1S/C41H52O5/c1-3-4-8-13-33-15-11-12-16-34(33)14-9-6-5-7-10-17-37(42)29-39(44)23-19-31-20-25-40(45-2)41(27-31)46-30-32-18-21-36-28-38(43)24-22-35(36)26-32/h11-12,15-16,18,20-22,24-28,37,42-43H,3-10,13-14,17,19,23,29-30H2,1-2H3. The molecule has 5 heteroatoms. The van der Waals surface area contributed by atoms with Crippen LogP contribution in [0.2, 0.25) is 0 Å². The molecule has 1 atom stereocenters. The number of hydrogen-bond donors (Lipinski definition) is 2. The van der Waals surface area contributed by atoms with Crippen molar-refractivity contribution < 1.29 is 24.5 Å². The molecule has 2 N–H and O–H groups in total. The second-order valence-electron chi connectivity index (χ2n) is 12.6. The molecule has 246 valence electrons. The summed E-state index contributed by atoms with van der Waals surface area (Å²) in [6.07, 6.45) is 13.1. The number of ketones is 1. The van der Waals surface area contributed by atoms with Crippen LogP contribution < -0.4 is 9.47 Å². The molecule has 0 saturated heterocycles. The van der Waals surface area contributed by atoms with E-state index in [0.29, 0.717) is 37.4 Å². The molecule has 0 saturated carbocycles. The minimum atomic E-state index is -0.567. The van der Waals surface area contributed by atoms with Crippen LogP contribution in [0, 0.1) is 0 Å². The van der Waals surface area contributed by atoms with Gasteiger partial charge in [-0.2, -0.15) is 0 Å². The highest BCUT2D eigenvalue weighted by atomic mass is 16.5. The number of aliphatic hydroxyl groups is 1. The van der Waals surface area contributed by atoms with Crippen molar-refractivity contribution in [1.82, 2.24) is 0 Å². The molecule has 0 fully saturated rings.